The first-order valence-corrected chi connectivity index (χ1v) is 8.87. The first-order chi connectivity index (χ1) is 10.0. The van der Waals surface area contributed by atoms with Crippen LogP contribution in [-0.4, -0.2) is 38.9 Å². The number of benzene rings is 1. The van der Waals surface area contributed by atoms with Crippen molar-refractivity contribution in [2.45, 2.75) is 13.0 Å². The Labute approximate surface area is 125 Å². The van der Waals surface area contributed by atoms with E-state index in [2.05, 4.69) is 16.2 Å². The second kappa shape index (κ2) is 7.02. The van der Waals surface area contributed by atoms with Crippen LogP contribution in [-0.2, 0) is 14.6 Å². The minimum absolute atomic E-state index is 0.0151. The molecule has 1 aromatic rings. The molecule has 2 unspecified atom stereocenters. The zero-order chi connectivity index (χ0) is 15.3. The molecule has 0 radical (unpaired) electrons. The number of hydrazine groups is 1. The van der Waals surface area contributed by atoms with Crippen molar-refractivity contribution in [1.82, 2.24) is 16.2 Å². The highest BCUT2D eigenvalue weighted by Crippen LogP contribution is 2.24. The van der Waals surface area contributed by atoms with E-state index in [4.69, 9.17) is 0 Å². The average Bonchev–Trinajstić information content (AvgIpc) is 2.97. The van der Waals surface area contributed by atoms with E-state index in [1.54, 1.807) is 6.92 Å². The number of carbonyl (C=O) groups is 1. The fourth-order valence-electron chi connectivity index (χ4n) is 2.32. The van der Waals surface area contributed by atoms with Crippen molar-refractivity contribution < 1.29 is 13.2 Å². The van der Waals surface area contributed by atoms with Crippen LogP contribution in [0.4, 0.5) is 0 Å². The van der Waals surface area contributed by atoms with Gasteiger partial charge in [0.2, 0.25) is 5.91 Å². The highest BCUT2D eigenvalue weighted by molar-refractivity contribution is 7.91. The van der Waals surface area contributed by atoms with Gasteiger partial charge in [-0.15, -0.1) is 0 Å². The molecule has 3 N–H and O–H groups in total. The summed E-state index contributed by atoms with van der Waals surface area (Å²) in [6.45, 7) is 2.28. The number of hydrogen-bond acceptors (Lipinski definition) is 5. The van der Waals surface area contributed by atoms with Crippen molar-refractivity contribution in [2.75, 3.05) is 24.6 Å². The summed E-state index contributed by atoms with van der Waals surface area (Å²) in [5, 5.41) is 2.72. The van der Waals surface area contributed by atoms with Gasteiger partial charge in [0.05, 0.1) is 17.7 Å². The molecule has 1 fully saturated rings. The number of sulfone groups is 1. The lowest BCUT2D eigenvalue weighted by molar-refractivity contribution is -0.124. The molecule has 6 nitrogen and oxygen atoms in total. The summed E-state index contributed by atoms with van der Waals surface area (Å²) in [6, 6.07) is 9.61. The molecule has 0 spiro atoms. The van der Waals surface area contributed by atoms with Gasteiger partial charge in [0.1, 0.15) is 0 Å². The maximum Gasteiger partial charge on any atom is 0.226 e. The molecule has 0 saturated carbocycles. The molecule has 0 aromatic heterocycles. The second-order valence-electron chi connectivity index (χ2n) is 5.05. The van der Waals surface area contributed by atoms with Crippen LogP contribution in [0.15, 0.2) is 30.3 Å². The molecule has 1 aliphatic rings. The normalized spacial score (nSPS) is 22.1. The summed E-state index contributed by atoms with van der Waals surface area (Å²) < 4.78 is 22.8. The van der Waals surface area contributed by atoms with Gasteiger partial charge in [-0.2, -0.15) is 0 Å². The molecular formula is C14H21N3O3S. The fourth-order valence-corrected chi connectivity index (χ4v) is 3.02. The molecule has 0 bridgehead atoms. The molecule has 7 heteroatoms. The second-order valence-corrected chi connectivity index (χ2v) is 7.52. The summed E-state index contributed by atoms with van der Waals surface area (Å²) in [5.41, 5.74) is 7.11. The Bertz CT molecular complexity index is 574. The lowest BCUT2D eigenvalue weighted by Crippen LogP contribution is -2.37. The van der Waals surface area contributed by atoms with Gasteiger partial charge < -0.3 is 5.32 Å². The van der Waals surface area contributed by atoms with Crippen LogP contribution >= 0.6 is 0 Å². The summed E-state index contributed by atoms with van der Waals surface area (Å²) >= 11 is 0. The first kappa shape index (κ1) is 15.9. The Balaban J connectivity index is 1.93. The minimum atomic E-state index is -3.05. The van der Waals surface area contributed by atoms with E-state index < -0.39 is 9.84 Å². The van der Waals surface area contributed by atoms with Crippen molar-refractivity contribution >= 4 is 15.7 Å². The van der Waals surface area contributed by atoms with Gasteiger partial charge in [0, 0.05) is 18.8 Å². The molecule has 1 heterocycles. The van der Waals surface area contributed by atoms with E-state index in [9.17, 15) is 13.2 Å². The van der Waals surface area contributed by atoms with Crippen molar-refractivity contribution in [1.29, 1.82) is 0 Å². The van der Waals surface area contributed by atoms with Crippen LogP contribution in [0.2, 0.25) is 0 Å². The van der Waals surface area contributed by atoms with Gasteiger partial charge in [0.15, 0.2) is 9.84 Å². The Morgan fingerprint density at radius 1 is 1.33 bits per heavy atom. The number of rotatable bonds is 6. The predicted octanol–water partition coefficient (Wildman–Crippen LogP) is 0.00260. The van der Waals surface area contributed by atoms with Crippen molar-refractivity contribution in [3.63, 3.8) is 0 Å². The van der Waals surface area contributed by atoms with Crippen molar-refractivity contribution in [2.24, 2.45) is 5.92 Å². The maximum absolute atomic E-state index is 12.2. The Morgan fingerprint density at radius 2 is 2.05 bits per heavy atom. The number of nitrogens with one attached hydrogen (secondary N) is 3. The monoisotopic (exact) mass is 311 g/mol. The zero-order valence-electron chi connectivity index (χ0n) is 12.0. The van der Waals surface area contributed by atoms with E-state index in [1.807, 2.05) is 30.3 Å². The van der Waals surface area contributed by atoms with E-state index in [1.165, 1.54) is 0 Å². The van der Waals surface area contributed by atoms with Gasteiger partial charge in [-0.1, -0.05) is 37.3 Å². The van der Waals surface area contributed by atoms with Crippen LogP contribution in [0.3, 0.4) is 0 Å². The first-order valence-electron chi connectivity index (χ1n) is 7.05. The quantitative estimate of drug-likeness (QED) is 0.688. The summed E-state index contributed by atoms with van der Waals surface area (Å²) in [7, 11) is -3.05. The standard InChI is InChI=1S/C14H21N3O3S/c1-2-21(19,20)9-8-15-14(18)12-10-16-17-13(12)11-6-4-3-5-7-11/h3-7,12-13,16-17H,2,8-10H2,1H3,(H,15,18). The van der Waals surface area contributed by atoms with Crippen LogP contribution in [0, 0.1) is 5.92 Å². The van der Waals surface area contributed by atoms with E-state index in [0.29, 0.717) is 6.54 Å². The molecule has 21 heavy (non-hydrogen) atoms. The highest BCUT2D eigenvalue weighted by Gasteiger charge is 2.33. The predicted molar refractivity (Wildman–Crippen MR) is 81.1 cm³/mol. The van der Waals surface area contributed by atoms with Gasteiger partial charge in [-0.3, -0.25) is 10.2 Å². The molecule has 2 rings (SSSR count). The van der Waals surface area contributed by atoms with Crippen molar-refractivity contribution in [3.05, 3.63) is 35.9 Å². The van der Waals surface area contributed by atoms with Gasteiger partial charge >= 0.3 is 0 Å². The van der Waals surface area contributed by atoms with Gasteiger partial charge in [0.25, 0.3) is 0 Å². The molecule has 0 aliphatic carbocycles. The SMILES string of the molecule is CCS(=O)(=O)CCNC(=O)C1CNNC1c1ccccc1. The summed E-state index contributed by atoms with van der Waals surface area (Å²) in [4.78, 5) is 12.2. The van der Waals surface area contributed by atoms with E-state index in [0.717, 1.165) is 5.56 Å². The average molecular weight is 311 g/mol. The number of amides is 1. The molecule has 116 valence electrons. The highest BCUT2D eigenvalue weighted by atomic mass is 32.2. The Morgan fingerprint density at radius 3 is 2.71 bits per heavy atom. The van der Waals surface area contributed by atoms with Crippen LogP contribution in [0.25, 0.3) is 0 Å². The fraction of sp³-hybridized carbons (Fsp3) is 0.500. The summed E-state index contributed by atoms with van der Waals surface area (Å²) in [6.07, 6.45) is 0. The largest absolute Gasteiger partial charge is 0.355 e. The molecule has 1 saturated heterocycles. The van der Waals surface area contributed by atoms with Crippen LogP contribution < -0.4 is 16.2 Å². The van der Waals surface area contributed by atoms with E-state index in [-0.39, 0.29) is 35.9 Å². The molecular weight excluding hydrogens is 290 g/mol. The number of carbonyl (C=O) groups excluding carboxylic acids is 1. The minimum Gasteiger partial charge on any atom is -0.355 e. The van der Waals surface area contributed by atoms with Gasteiger partial charge in [-0.25, -0.2) is 13.8 Å². The lowest BCUT2D eigenvalue weighted by Gasteiger charge is -2.18. The molecule has 1 aliphatic heterocycles. The van der Waals surface area contributed by atoms with E-state index >= 15 is 0 Å². The number of hydrogen-bond donors (Lipinski definition) is 3. The van der Waals surface area contributed by atoms with Crippen molar-refractivity contribution in [3.8, 4) is 0 Å². The topological polar surface area (TPSA) is 87.3 Å². The Kier molecular flexibility index (Phi) is 5.33. The summed E-state index contributed by atoms with van der Waals surface area (Å²) in [5.74, 6) is -0.301. The Hall–Kier alpha value is -1.44. The van der Waals surface area contributed by atoms with Gasteiger partial charge in [-0.05, 0) is 5.56 Å². The van der Waals surface area contributed by atoms with Crippen LogP contribution in [0.1, 0.15) is 18.5 Å². The molecule has 2 atom stereocenters. The third-order valence-electron chi connectivity index (χ3n) is 3.63. The zero-order valence-corrected chi connectivity index (χ0v) is 12.8. The van der Waals surface area contributed by atoms with Crippen LogP contribution in [0.5, 0.6) is 0 Å². The maximum atomic E-state index is 12.2. The molecule has 1 amide bonds. The lowest BCUT2D eigenvalue weighted by atomic mass is 9.94. The smallest absolute Gasteiger partial charge is 0.226 e. The third kappa shape index (κ3) is 4.26. The third-order valence-corrected chi connectivity index (χ3v) is 5.34. The molecule has 1 aromatic carbocycles.